The lowest BCUT2D eigenvalue weighted by atomic mass is 10.4. The minimum atomic E-state index is -1.03. The lowest BCUT2D eigenvalue weighted by molar-refractivity contribution is -0.818. The minimum Gasteiger partial charge on any atom is -0.415 e. The van der Waals surface area contributed by atoms with Crippen LogP contribution in [0.5, 0.6) is 0 Å². The summed E-state index contributed by atoms with van der Waals surface area (Å²) in [5.74, 6) is 0. The Bertz CT molecular complexity index is 329. The lowest BCUT2D eigenvalue weighted by Gasteiger charge is -2.31. The Balaban J connectivity index is 2.98. The van der Waals surface area contributed by atoms with E-state index in [1.165, 1.54) is 11.0 Å². The number of carbonyl (C=O) groups is 2. The van der Waals surface area contributed by atoms with Crippen LogP contribution in [-0.4, -0.2) is 60.1 Å². The summed E-state index contributed by atoms with van der Waals surface area (Å²) in [7, 11) is 3.10. The zero-order chi connectivity index (χ0) is 13.1. The molecule has 0 aliphatic carbocycles. The summed E-state index contributed by atoms with van der Waals surface area (Å²) in [6, 6.07) is -0.455. The van der Waals surface area contributed by atoms with Crippen LogP contribution < -0.4 is 0 Å². The number of likely N-dealkylation sites (tertiary alicyclic amines) is 1. The topological polar surface area (TPSA) is 66.8 Å². The maximum Gasteiger partial charge on any atom is 0.527 e. The Morgan fingerprint density at radius 3 is 2.65 bits per heavy atom. The molecular weight excluding hydrogens is 224 g/mol. The van der Waals surface area contributed by atoms with Crippen molar-refractivity contribution in [3.63, 3.8) is 0 Å². The van der Waals surface area contributed by atoms with Crippen LogP contribution in [0.25, 0.3) is 0 Å². The molecule has 0 aromatic heterocycles. The van der Waals surface area contributed by atoms with Gasteiger partial charge in [0, 0.05) is 26.9 Å². The molecule has 0 aromatic rings. The van der Waals surface area contributed by atoms with Gasteiger partial charge in [0.15, 0.2) is 0 Å². The molecular formula is C11H19N2O4+. The van der Waals surface area contributed by atoms with Gasteiger partial charge in [-0.25, -0.2) is 4.79 Å². The second-order valence-electron chi connectivity index (χ2n) is 4.26. The lowest BCUT2D eigenvalue weighted by Crippen LogP contribution is -2.63. The molecule has 0 spiro atoms. The molecule has 1 rings (SSSR count). The molecule has 0 aromatic carbocycles. The van der Waals surface area contributed by atoms with Gasteiger partial charge in [0.2, 0.25) is 6.23 Å². The van der Waals surface area contributed by atoms with Crippen LogP contribution in [0.1, 0.15) is 12.8 Å². The Morgan fingerprint density at radius 1 is 1.59 bits per heavy atom. The van der Waals surface area contributed by atoms with E-state index in [2.05, 4.69) is 6.58 Å². The first kappa shape index (κ1) is 13.7. The highest BCUT2D eigenvalue weighted by Gasteiger charge is 2.56. The van der Waals surface area contributed by atoms with E-state index in [4.69, 9.17) is 4.74 Å². The van der Waals surface area contributed by atoms with E-state index in [1.54, 1.807) is 14.1 Å². The van der Waals surface area contributed by atoms with Crippen LogP contribution in [0, 0.1) is 0 Å². The fourth-order valence-corrected chi connectivity index (χ4v) is 2.01. The molecule has 2 atom stereocenters. The molecule has 1 saturated heterocycles. The first-order valence-electron chi connectivity index (χ1n) is 5.52. The van der Waals surface area contributed by atoms with Gasteiger partial charge in [-0.2, -0.15) is 4.79 Å². The highest BCUT2D eigenvalue weighted by atomic mass is 16.6. The van der Waals surface area contributed by atoms with Gasteiger partial charge in [-0.05, 0) is 0 Å². The van der Waals surface area contributed by atoms with Gasteiger partial charge in [0.25, 0.3) is 0 Å². The summed E-state index contributed by atoms with van der Waals surface area (Å²) in [4.78, 5) is 25.4. The summed E-state index contributed by atoms with van der Waals surface area (Å²) in [6.45, 7) is 3.74. The number of nitrogens with zero attached hydrogens (tertiary/aromatic N) is 2. The summed E-state index contributed by atoms with van der Waals surface area (Å²) in [5.41, 5.74) is 0. The van der Waals surface area contributed by atoms with E-state index in [1.807, 2.05) is 0 Å². The molecule has 17 heavy (non-hydrogen) atoms. The minimum absolute atomic E-state index is 0.0340. The van der Waals surface area contributed by atoms with Crippen molar-refractivity contribution < 1.29 is 23.9 Å². The number of amides is 3. The fraction of sp³-hybridized carbons (Fsp3) is 0.636. The molecule has 6 heteroatoms. The molecule has 1 fully saturated rings. The van der Waals surface area contributed by atoms with Gasteiger partial charge in [-0.15, -0.1) is 4.48 Å². The second-order valence-corrected chi connectivity index (χ2v) is 4.26. The number of rotatable bonds is 2. The fourth-order valence-electron chi connectivity index (χ4n) is 2.01. The average Bonchev–Trinajstić information content (AvgIpc) is 2.67. The van der Waals surface area contributed by atoms with Crippen molar-refractivity contribution in [1.29, 1.82) is 0 Å². The van der Waals surface area contributed by atoms with Crippen LogP contribution >= 0.6 is 0 Å². The standard InChI is InChI=1S/C11H19N2O4/c1-4-8-17-11(16)13(10(15)12(2)3)7-5-6-9(13)14/h4,9,14H,1,5-8H2,2-3H3/q+1. The number of carbonyl (C=O) groups excluding carboxylic acids is 2. The number of urea groups is 1. The SMILES string of the molecule is C=CCOC(=O)[N+]1(C(=O)N(C)C)CCCC1O. The molecule has 2 unspecified atom stereocenters. The number of hydrogen-bond donors (Lipinski definition) is 1. The number of quaternary nitrogens is 1. The summed E-state index contributed by atoms with van der Waals surface area (Å²) in [6.07, 6.45) is 0.722. The highest BCUT2D eigenvalue weighted by Crippen LogP contribution is 2.28. The van der Waals surface area contributed by atoms with E-state index in [0.717, 1.165) is 0 Å². The van der Waals surface area contributed by atoms with Gasteiger partial charge >= 0.3 is 12.1 Å². The number of aliphatic hydroxyl groups is 1. The van der Waals surface area contributed by atoms with E-state index >= 15 is 0 Å². The summed E-state index contributed by atoms with van der Waals surface area (Å²) >= 11 is 0. The zero-order valence-electron chi connectivity index (χ0n) is 10.3. The van der Waals surface area contributed by atoms with E-state index in [0.29, 0.717) is 12.8 Å². The maximum atomic E-state index is 12.1. The molecule has 6 nitrogen and oxygen atoms in total. The van der Waals surface area contributed by atoms with Gasteiger partial charge in [-0.1, -0.05) is 12.7 Å². The monoisotopic (exact) mass is 243 g/mol. The largest absolute Gasteiger partial charge is 0.527 e. The maximum absolute atomic E-state index is 12.1. The van der Waals surface area contributed by atoms with Gasteiger partial charge in [-0.3, -0.25) is 4.90 Å². The summed E-state index contributed by atoms with van der Waals surface area (Å²) < 4.78 is 4.26. The predicted octanol–water partition coefficient (Wildman–Crippen LogP) is 0.920. The third kappa shape index (κ3) is 2.32. The Labute approximate surface area is 101 Å². The molecule has 1 aliphatic rings. The normalized spacial score (nSPS) is 27.6. The Hall–Kier alpha value is -1.40. The van der Waals surface area contributed by atoms with Crippen molar-refractivity contribution in [2.75, 3.05) is 27.2 Å². The smallest absolute Gasteiger partial charge is 0.415 e. The van der Waals surface area contributed by atoms with Crippen molar-refractivity contribution in [2.24, 2.45) is 0 Å². The van der Waals surface area contributed by atoms with E-state index < -0.39 is 22.8 Å². The molecule has 1 N–H and O–H groups in total. The van der Waals surface area contributed by atoms with Crippen LogP contribution in [0.3, 0.4) is 0 Å². The molecule has 0 saturated carbocycles. The molecule has 1 heterocycles. The number of hydrogen-bond acceptors (Lipinski definition) is 4. The van der Waals surface area contributed by atoms with Crippen molar-refractivity contribution in [3.05, 3.63) is 12.7 Å². The second kappa shape index (κ2) is 5.29. The van der Waals surface area contributed by atoms with Crippen molar-refractivity contribution in [1.82, 2.24) is 4.90 Å². The first-order chi connectivity index (χ1) is 7.96. The highest BCUT2D eigenvalue weighted by molar-refractivity contribution is 5.80. The van der Waals surface area contributed by atoms with Crippen LogP contribution in [0.2, 0.25) is 0 Å². The predicted molar refractivity (Wildman–Crippen MR) is 61.0 cm³/mol. The quantitative estimate of drug-likeness (QED) is 0.578. The van der Waals surface area contributed by atoms with E-state index in [9.17, 15) is 14.7 Å². The van der Waals surface area contributed by atoms with Crippen LogP contribution in [0.4, 0.5) is 9.59 Å². The number of ether oxygens (including phenoxy) is 1. The third-order valence-electron chi connectivity index (χ3n) is 2.86. The van der Waals surface area contributed by atoms with Gasteiger partial charge < -0.3 is 9.84 Å². The number of aliphatic hydroxyl groups excluding tert-OH is 1. The number of imide groups is 1. The van der Waals surface area contributed by atoms with E-state index in [-0.39, 0.29) is 13.2 Å². The van der Waals surface area contributed by atoms with Crippen LogP contribution in [-0.2, 0) is 4.74 Å². The third-order valence-corrected chi connectivity index (χ3v) is 2.86. The summed E-state index contributed by atoms with van der Waals surface area (Å²) in [5, 5.41) is 9.93. The van der Waals surface area contributed by atoms with Crippen molar-refractivity contribution >= 4 is 12.1 Å². The van der Waals surface area contributed by atoms with Crippen molar-refractivity contribution in [3.8, 4) is 0 Å². The Kier molecular flexibility index (Phi) is 4.25. The Morgan fingerprint density at radius 2 is 2.24 bits per heavy atom. The van der Waals surface area contributed by atoms with Crippen molar-refractivity contribution in [2.45, 2.75) is 19.1 Å². The first-order valence-corrected chi connectivity index (χ1v) is 5.52. The van der Waals surface area contributed by atoms with Crippen LogP contribution in [0.15, 0.2) is 12.7 Å². The van der Waals surface area contributed by atoms with Gasteiger partial charge in [0.1, 0.15) is 13.2 Å². The molecule has 1 aliphatic heterocycles. The zero-order valence-corrected chi connectivity index (χ0v) is 10.3. The molecule has 0 bridgehead atoms. The molecule has 0 radical (unpaired) electrons. The average molecular weight is 243 g/mol. The molecule has 3 amide bonds. The van der Waals surface area contributed by atoms with Gasteiger partial charge in [0.05, 0.1) is 0 Å². The molecule has 96 valence electrons.